The van der Waals surface area contributed by atoms with E-state index in [4.69, 9.17) is 21.9 Å². The van der Waals surface area contributed by atoms with Gasteiger partial charge in [0.25, 0.3) is 5.91 Å². The number of ether oxygens (including phenoxy) is 1. The van der Waals surface area contributed by atoms with Crippen molar-refractivity contribution in [1.82, 2.24) is 4.98 Å². The topological polar surface area (TPSA) is 144 Å². The number of carbonyl (C=O) groups excluding carboxylic acids is 1. The molecule has 9 nitrogen and oxygen atoms in total. The summed E-state index contributed by atoms with van der Waals surface area (Å²) in [5.74, 6) is -2.70. The minimum atomic E-state index is -1.09. The van der Waals surface area contributed by atoms with Crippen molar-refractivity contribution in [3.8, 4) is 5.75 Å². The fourth-order valence-electron chi connectivity index (χ4n) is 5.31. The minimum absolute atomic E-state index is 0.0379. The van der Waals surface area contributed by atoms with Crippen LogP contribution in [0.4, 0.5) is 20.2 Å². The van der Waals surface area contributed by atoms with Gasteiger partial charge in [-0.1, -0.05) is 11.8 Å². The number of nitrogens with zero attached hydrogens (tertiary/aromatic N) is 3. The number of thioether (sulfide) groups is 1. The van der Waals surface area contributed by atoms with E-state index in [2.05, 4.69) is 9.88 Å². The van der Waals surface area contributed by atoms with E-state index >= 15 is 8.78 Å². The predicted octanol–water partition coefficient (Wildman–Crippen LogP) is 2.14. The number of primary amides is 1. The fourth-order valence-corrected chi connectivity index (χ4v) is 6.52. The SMILES string of the molecule is COc1ccc(F)c(C2SC(N)=C(C(N)=O)N2c2cnc3c(c2N2CCC[C@H](N)C2)CC[C@@H]3O)c1F. The van der Waals surface area contributed by atoms with Gasteiger partial charge in [0, 0.05) is 24.7 Å². The van der Waals surface area contributed by atoms with E-state index in [9.17, 15) is 9.90 Å². The molecular formula is C24H28F2N6O3S. The van der Waals surface area contributed by atoms with Crippen LogP contribution in [0.3, 0.4) is 0 Å². The van der Waals surface area contributed by atoms with Crippen LogP contribution in [-0.4, -0.2) is 42.2 Å². The van der Waals surface area contributed by atoms with Crippen LogP contribution in [0.2, 0.25) is 0 Å². The number of aromatic nitrogens is 1. The number of fused-ring (bicyclic) bond motifs is 1. The Morgan fingerprint density at radius 1 is 1.31 bits per heavy atom. The maximum atomic E-state index is 15.5. The quantitative estimate of drug-likeness (QED) is 0.468. The number of amides is 1. The maximum absolute atomic E-state index is 15.5. The molecule has 3 aliphatic rings. The molecule has 1 saturated heterocycles. The molecule has 0 spiro atoms. The van der Waals surface area contributed by atoms with E-state index in [1.807, 2.05) is 0 Å². The average molecular weight is 519 g/mol. The highest BCUT2D eigenvalue weighted by Crippen LogP contribution is 2.53. The molecule has 1 aliphatic carbocycles. The minimum Gasteiger partial charge on any atom is -0.494 e. The number of nitrogens with two attached hydrogens (primary N) is 3. The van der Waals surface area contributed by atoms with Gasteiger partial charge in [0.05, 0.1) is 47.1 Å². The Labute approximate surface area is 211 Å². The fraction of sp³-hybridized carbons (Fsp3) is 0.417. The lowest BCUT2D eigenvalue weighted by Gasteiger charge is -2.38. The molecular weight excluding hydrogens is 490 g/mol. The molecule has 2 aromatic rings. The molecule has 1 amide bonds. The maximum Gasteiger partial charge on any atom is 0.268 e. The summed E-state index contributed by atoms with van der Waals surface area (Å²) in [5, 5.41) is 9.46. The number of methoxy groups -OCH3 is 1. The van der Waals surface area contributed by atoms with Crippen LogP contribution in [0, 0.1) is 11.6 Å². The predicted molar refractivity (Wildman–Crippen MR) is 133 cm³/mol. The first-order valence-corrected chi connectivity index (χ1v) is 12.6. The zero-order chi connectivity index (χ0) is 25.7. The smallest absolute Gasteiger partial charge is 0.268 e. The van der Waals surface area contributed by atoms with Gasteiger partial charge in [-0.05, 0) is 37.8 Å². The van der Waals surface area contributed by atoms with Gasteiger partial charge in [-0.25, -0.2) is 8.78 Å². The molecule has 1 aromatic carbocycles. The second-order valence-electron chi connectivity index (χ2n) is 9.15. The number of carbonyl (C=O) groups is 1. The molecule has 0 bridgehead atoms. The number of pyridine rings is 1. The summed E-state index contributed by atoms with van der Waals surface area (Å²) in [6.45, 7) is 1.23. The van der Waals surface area contributed by atoms with Crippen LogP contribution in [0.25, 0.3) is 0 Å². The molecule has 3 heterocycles. The molecule has 1 aromatic heterocycles. The van der Waals surface area contributed by atoms with E-state index in [1.165, 1.54) is 24.3 Å². The van der Waals surface area contributed by atoms with Crippen molar-refractivity contribution in [1.29, 1.82) is 0 Å². The van der Waals surface area contributed by atoms with Gasteiger partial charge in [-0.3, -0.25) is 9.78 Å². The van der Waals surface area contributed by atoms with Crippen molar-refractivity contribution >= 4 is 29.0 Å². The van der Waals surface area contributed by atoms with Gasteiger partial charge < -0.3 is 36.8 Å². The molecule has 1 unspecified atom stereocenters. The van der Waals surface area contributed by atoms with E-state index in [0.29, 0.717) is 37.3 Å². The standard InChI is InChI=1S/C24H28F2N6O3S/c1-35-16-7-5-13(25)17(18(16)26)24-32(21(22(28)34)23(29)36-24)14-9-30-19-12(4-6-15(19)33)20(14)31-8-2-3-11(27)10-31/h5,7,9,11,15,24,33H,2-4,6,8,10,27,29H2,1H3,(H2,28,34)/t11-,15-,24?/m0/s1. The first-order valence-electron chi connectivity index (χ1n) is 11.7. The Balaban J connectivity index is 1.74. The summed E-state index contributed by atoms with van der Waals surface area (Å²) >= 11 is 0.922. The summed E-state index contributed by atoms with van der Waals surface area (Å²) in [7, 11) is 1.29. The largest absolute Gasteiger partial charge is 0.494 e. The summed E-state index contributed by atoms with van der Waals surface area (Å²) in [5.41, 5.74) is 20.4. The van der Waals surface area contributed by atoms with Crippen LogP contribution in [0.15, 0.2) is 29.1 Å². The number of aliphatic hydroxyl groups excluding tert-OH is 1. The van der Waals surface area contributed by atoms with Crippen LogP contribution in [0.5, 0.6) is 5.75 Å². The van der Waals surface area contributed by atoms with E-state index in [-0.39, 0.29) is 28.1 Å². The highest BCUT2D eigenvalue weighted by molar-refractivity contribution is 8.03. The lowest BCUT2D eigenvalue weighted by molar-refractivity contribution is -0.114. The number of piperidine rings is 1. The molecule has 36 heavy (non-hydrogen) atoms. The zero-order valence-corrected chi connectivity index (χ0v) is 20.5. The van der Waals surface area contributed by atoms with Gasteiger partial charge >= 0.3 is 0 Å². The van der Waals surface area contributed by atoms with Crippen molar-refractivity contribution in [3.05, 3.63) is 57.5 Å². The number of hydrogen-bond acceptors (Lipinski definition) is 9. The van der Waals surface area contributed by atoms with Crippen molar-refractivity contribution in [2.45, 2.75) is 43.2 Å². The van der Waals surface area contributed by atoms with Gasteiger partial charge in [-0.2, -0.15) is 0 Å². The molecule has 12 heteroatoms. The lowest BCUT2D eigenvalue weighted by atomic mass is 10.0. The Morgan fingerprint density at radius 3 is 2.78 bits per heavy atom. The highest BCUT2D eigenvalue weighted by atomic mass is 32.2. The highest BCUT2D eigenvalue weighted by Gasteiger charge is 2.43. The number of rotatable bonds is 5. The summed E-state index contributed by atoms with van der Waals surface area (Å²) in [6.07, 6.45) is 3.54. The first kappa shape index (κ1) is 24.6. The van der Waals surface area contributed by atoms with Crippen molar-refractivity contribution in [2.75, 3.05) is 30.0 Å². The van der Waals surface area contributed by atoms with Crippen LogP contribution >= 0.6 is 11.8 Å². The van der Waals surface area contributed by atoms with Crippen molar-refractivity contribution < 1.29 is 23.4 Å². The average Bonchev–Trinajstić information content (AvgIpc) is 3.38. The van der Waals surface area contributed by atoms with Gasteiger partial charge in [-0.15, -0.1) is 0 Å². The number of aliphatic hydroxyl groups is 1. The van der Waals surface area contributed by atoms with E-state index in [0.717, 1.165) is 41.9 Å². The summed E-state index contributed by atoms with van der Waals surface area (Å²) in [6, 6.07) is 2.23. The number of hydrogen-bond donors (Lipinski definition) is 4. The molecule has 0 radical (unpaired) electrons. The zero-order valence-electron chi connectivity index (χ0n) is 19.7. The second kappa shape index (κ2) is 9.41. The second-order valence-corrected chi connectivity index (χ2v) is 10.3. The molecule has 0 saturated carbocycles. The lowest BCUT2D eigenvalue weighted by Crippen LogP contribution is -2.44. The Bertz CT molecular complexity index is 1260. The third kappa shape index (κ3) is 3.93. The van der Waals surface area contributed by atoms with Crippen LogP contribution in [-0.2, 0) is 11.2 Å². The molecule has 192 valence electrons. The van der Waals surface area contributed by atoms with E-state index < -0.39 is 29.0 Å². The van der Waals surface area contributed by atoms with Gasteiger partial charge in [0.2, 0.25) is 0 Å². The third-order valence-electron chi connectivity index (χ3n) is 6.92. The van der Waals surface area contributed by atoms with Crippen molar-refractivity contribution in [2.24, 2.45) is 17.2 Å². The van der Waals surface area contributed by atoms with Gasteiger partial charge in [0.1, 0.15) is 16.9 Å². The van der Waals surface area contributed by atoms with Gasteiger partial charge in [0.15, 0.2) is 11.6 Å². The first-order chi connectivity index (χ1) is 17.2. The Morgan fingerprint density at radius 2 is 2.08 bits per heavy atom. The van der Waals surface area contributed by atoms with Crippen LogP contribution < -0.4 is 31.7 Å². The summed E-state index contributed by atoms with van der Waals surface area (Å²) < 4.78 is 35.7. The normalized spacial score (nSPS) is 23.9. The van der Waals surface area contributed by atoms with Crippen molar-refractivity contribution in [3.63, 3.8) is 0 Å². The number of halogens is 2. The molecule has 5 rings (SSSR count). The molecule has 1 fully saturated rings. The summed E-state index contributed by atoms with van der Waals surface area (Å²) in [4.78, 5) is 20.7. The third-order valence-corrected chi connectivity index (χ3v) is 8.04. The monoisotopic (exact) mass is 518 g/mol. The number of benzene rings is 1. The Kier molecular flexibility index (Phi) is 6.43. The molecule has 2 aliphatic heterocycles. The van der Waals surface area contributed by atoms with Crippen LogP contribution in [0.1, 0.15) is 47.6 Å². The van der Waals surface area contributed by atoms with E-state index in [1.54, 1.807) is 0 Å². The number of anilines is 2. The molecule has 7 N–H and O–H groups in total. The Hall–Kier alpha value is -3.09. The molecule has 3 atom stereocenters.